The zero-order chi connectivity index (χ0) is 11.1. The summed E-state index contributed by atoms with van der Waals surface area (Å²) in [4.78, 5) is 0. The van der Waals surface area contributed by atoms with Gasteiger partial charge in [-0.1, -0.05) is 33.6 Å². The zero-order valence-electron chi connectivity index (χ0n) is 10.0. The van der Waals surface area contributed by atoms with Gasteiger partial charge in [0, 0.05) is 0 Å². The summed E-state index contributed by atoms with van der Waals surface area (Å²) in [6.45, 7) is 8.17. The Morgan fingerprint density at radius 3 is 1.86 bits per heavy atom. The van der Waals surface area contributed by atoms with E-state index >= 15 is 0 Å². The maximum atomic E-state index is 9.79. The Morgan fingerprint density at radius 1 is 0.929 bits per heavy atom. The second-order valence-corrected chi connectivity index (χ2v) is 4.55. The van der Waals surface area contributed by atoms with Gasteiger partial charge >= 0.3 is 0 Å². The average Bonchev–Trinajstić information content (AvgIpc) is 2.13. The summed E-state index contributed by atoms with van der Waals surface area (Å²) in [6, 6.07) is 0. The number of hydrogen-bond donors (Lipinski definition) is 2. The van der Waals surface area contributed by atoms with E-state index in [-0.39, 0.29) is 18.1 Å². The van der Waals surface area contributed by atoms with Gasteiger partial charge in [-0.05, 0) is 31.6 Å². The number of rotatable bonds is 7. The van der Waals surface area contributed by atoms with Crippen LogP contribution in [0.15, 0.2) is 0 Å². The molecule has 0 spiro atoms. The Bertz CT molecular complexity index is 134. The molecule has 0 saturated heterocycles. The van der Waals surface area contributed by atoms with Crippen LogP contribution >= 0.6 is 0 Å². The van der Waals surface area contributed by atoms with Crippen molar-refractivity contribution < 1.29 is 10.2 Å². The summed E-state index contributed by atoms with van der Waals surface area (Å²) in [5, 5.41) is 19.2. The first-order valence-corrected chi connectivity index (χ1v) is 5.87. The highest BCUT2D eigenvalue weighted by Gasteiger charge is 2.18. The van der Waals surface area contributed by atoms with Crippen molar-refractivity contribution in [3.05, 3.63) is 0 Å². The van der Waals surface area contributed by atoms with Crippen molar-refractivity contribution in [3.8, 4) is 0 Å². The summed E-state index contributed by atoms with van der Waals surface area (Å²) in [5.74, 6) is 0.825. The quantitative estimate of drug-likeness (QED) is 0.666. The van der Waals surface area contributed by atoms with E-state index in [4.69, 9.17) is 0 Å². The Hall–Kier alpha value is -0.0800. The summed E-state index contributed by atoms with van der Waals surface area (Å²) in [6.07, 6.45) is 3.10. The normalized spacial score (nSPS) is 20.1. The van der Waals surface area contributed by atoms with Crippen LogP contribution in [0.2, 0.25) is 0 Å². The van der Waals surface area contributed by atoms with Crippen molar-refractivity contribution in [3.63, 3.8) is 0 Å². The van der Waals surface area contributed by atoms with Crippen LogP contribution in [-0.2, 0) is 0 Å². The molecule has 2 nitrogen and oxygen atoms in total. The zero-order valence-corrected chi connectivity index (χ0v) is 10.0. The molecular formula is C12H26O2. The first-order valence-electron chi connectivity index (χ1n) is 5.87. The lowest BCUT2D eigenvalue weighted by molar-refractivity contribution is 0.0593. The second-order valence-electron chi connectivity index (χ2n) is 4.55. The minimum absolute atomic E-state index is 0.244. The molecule has 0 aromatic heterocycles. The predicted octanol–water partition coefficient (Wildman–Crippen LogP) is 2.58. The summed E-state index contributed by atoms with van der Waals surface area (Å²) in [5.41, 5.74) is 0. The molecule has 4 atom stereocenters. The molecule has 0 heterocycles. The molecule has 0 rings (SSSR count). The molecule has 86 valence electrons. The van der Waals surface area contributed by atoms with Crippen LogP contribution in [0.5, 0.6) is 0 Å². The third kappa shape index (κ3) is 5.61. The van der Waals surface area contributed by atoms with Gasteiger partial charge in [-0.15, -0.1) is 0 Å². The van der Waals surface area contributed by atoms with E-state index in [1.165, 1.54) is 0 Å². The van der Waals surface area contributed by atoms with Gasteiger partial charge in [-0.2, -0.15) is 0 Å². The van der Waals surface area contributed by atoms with Crippen LogP contribution in [0.3, 0.4) is 0 Å². The highest BCUT2D eigenvalue weighted by molar-refractivity contribution is 4.70. The van der Waals surface area contributed by atoms with Crippen LogP contribution in [0, 0.1) is 11.8 Å². The van der Waals surface area contributed by atoms with Gasteiger partial charge in [0.15, 0.2) is 0 Å². The third-order valence-electron chi connectivity index (χ3n) is 3.15. The van der Waals surface area contributed by atoms with Gasteiger partial charge in [-0.3, -0.25) is 0 Å². The molecule has 14 heavy (non-hydrogen) atoms. The molecular weight excluding hydrogens is 176 g/mol. The predicted molar refractivity (Wildman–Crippen MR) is 60.2 cm³/mol. The van der Waals surface area contributed by atoms with E-state index in [2.05, 4.69) is 20.8 Å². The van der Waals surface area contributed by atoms with Gasteiger partial charge in [0.25, 0.3) is 0 Å². The largest absolute Gasteiger partial charge is 0.393 e. The lowest BCUT2D eigenvalue weighted by atomic mass is 9.89. The molecule has 0 aromatic carbocycles. The molecule has 0 saturated carbocycles. The molecule has 0 radical (unpaired) electrons. The van der Waals surface area contributed by atoms with Crippen LogP contribution in [0.25, 0.3) is 0 Å². The van der Waals surface area contributed by atoms with Gasteiger partial charge in [0.1, 0.15) is 0 Å². The van der Waals surface area contributed by atoms with Crippen molar-refractivity contribution in [1.29, 1.82) is 0 Å². The Morgan fingerprint density at radius 2 is 1.50 bits per heavy atom. The fourth-order valence-electron chi connectivity index (χ4n) is 1.78. The van der Waals surface area contributed by atoms with E-state index in [1.54, 1.807) is 0 Å². The van der Waals surface area contributed by atoms with Crippen molar-refractivity contribution >= 4 is 0 Å². The average molecular weight is 202 g/mol. The maximum Gasteiger partial charge on any atom is 0.0546 e. The smallest absolute Gasteiger partial charge is 0.0546 e. The van der Waals surface area contributed by atoms with E-state index in [0.717, 1.165) is 25.7 Å². The first-order chi connectivity index (χ1) is 6.51. The Kier molecular flexibility index (Phi) is 7.20. The van der Waals surface area contributed by atoms with Gasteiger partial charge in [0.2, 0.25) is 0 Å². The maximum absolute atomic E-state index is 9.79. The number of hydrogen-bond acceptors (Lipinski definition) is 2. The minimum Gasteiger partial charge on any atom is -0.393 e. The molecule has 0 aliphatic rings. The van der Waals surface area contributed by atoms with Crippen molar-refractivity contribution in [2.75, 3.05) is 0 Å². The molecule has 0 amide bonds. The molecule has 2 N–H and O–H groups in total. The molecule has 4 unspecified atom stereocenters. The van der Waals surface area contributed by atoms with Gasteiger partial charge < -0.3 is 10.2 Å². The fraction of sp³-hybridized carbons (Fsp3) is 1.00. The molecule has 2 heteroatoms. The van der Waals surface area contributed by atoms with Crippen molar-refractivity contribution in [2.24, 2.45) is 11.8 Å². The highest BCUT2D eigenvalue weighted by Crippen LogP contribution is 2.20. The molecule has 0 aromatic rings. The summed E-state index contributed by atoms with van der Waals surface area (Å²) >= 11 is 0. The lowest BCUT2D eigenvalue weighted by Crippen LogP contribution is -2.23. The Labute approximate surface area is 88.3 Å². The molecule has 0 fully saturated rings. The van der Waals surface area contributed by atoms with Crippen molar-refractivity contribution in [1.82, 2.24) is 0 Å². The van der Waals surface area contributed by atoms with Crippen LogP contribution < -0.4 is 0 Å². The van der Waals surface area contributed by atoms with Crippen LogP contribution in [0.4, 0.5) is 0 Å². The van der Waals surface area contributed by atoms with Crippen molar-refractivity contribution in [2.45, 2.75) is 65.6 Å². The van der Waals surface area contributed by atoms with E-state index in [1.807, 2.05) is 6.92 Å². The van der Waals surface area contributed by atoms with E-state index < -0.39 is 0 Å². The number of aliphatic hydroxyl groups excluding tert-OH is 2. The number of aliphatic hydroxyl groups is 2. The standard InChI is InChI=1S/C12H26O2/c1-5-9(3)7-12(14)8-11(6-2)10(4)13/h9-14H,5-8H2,1-4H3. The summed E-state index contributed by atoms with van der Waals surface area (Å²) in [7, 11) is 0. The molecule has 0 aliphatic carbocycles. The first kappa shape index (κ1) is 13.9. The lowest BCUT2D eigenvalue weighted by Gasteiger charge is -2.22. The minimum atomic E-state index is -0.299. The summed E-state index contributed by atoms with van der Waals surface area (Å²) < 4.78 is 0. The van der Waals surface area contributed by atoms with Gasteiger partial charge in [-0.25, -0.2) is 0 Å². The van der Waals surface area contributed by atoms with E-state index in [0.29, 0.717) is 5.92 Å². The van der Waals surface area contributed by atoms with Crippen LogP contribution in [-0.4, -0.2) is 22.4 Å². The van der Waals surface area contributed by atoms with Crippen LogP contribution in [0.1, 0.15) is 53.4 Å². The fourth-order valence-corrected chi connectivity index (χ4v) is 1.78. The monoisotopic (exact) mass is 202 g/mol. The molecule has 0 bridgehead atoms. The third-order valence-corrected chi connectivity index (χ3v) is 3.15. The molecule has 0 aliphatic heterocycles. The second kappa shape index (κ2) is 7.24. The van der Waals surface area contributed by atoms with Gasteiger partial charge in [0.05, 0.1) is 12.2 Å². The Balaban J connectivity index is 3.84. The topological polar surface area (TPSA) is 40.5 Å². The highest BCUT2D eigenvalue weighted by atomic mass is 16.3. The SMILES string of the molecule is CCC(C)CC(O)CC(CC)C(C)O. The van der Waals surface area contributed by atoms with E-state index in [9.17, 15) is 10.2 Å².